The number of carbonyl (C=O) groups is 2. The Bertz CT molecular complexity index is 664. The first-order chi connectivity index (χ1) is 13.0. The molecule has 4 rings (SSSR count). The summed E-state index contributed by atoms with van der Waals surface area (Å²) in [5, 5.41) is 10.8. The predicted octanol–water partition coefficient (Wildman–Crippen LogP) is 4.53. The van der Waals surface area contributed by atoms with E-state index in [1.54, 1.807) is 0 Å². The Hall–Kier alpha value is -0.900. The summed E-state index contributed by atoms with van der Waals surface area (Å²) in [4.78, 5) is 25.0. The molecule has 0 unspecified atom stereocenters. The average molecular weight is 391 g/mol. The van der Waals surface area contributed by atoms with E-state index in [9.17, 15) is 14.7 Å². The molecule has 4 aliphatic carbocycles. The number of hydrogen-bond donors (Lipinski definition) is 1. The van der Waals surface area contributed by atoms with E-state index in [0.717, 1.165) is 44.9 Å². The van der Waals surface area contributed by atoms with Crippen molar-refractivity contribution in [2.24, 2.45) is 40.4 Å². The molecule has 0 amide bonds. The maximum Gasteiger partial charge on any atom is 0.302 e. The summed E-state index contributed by atoms with van der Waals surface area (Å²) in [6, 6.07) is 0. The third-order valence-electron chi connectivity index (χ3n) is 9.49. The molecule has 0 saturated heterocycles. The molecule has 28 heavy (non-hydrogen) atoms. The minimum Gasteiger partial charge on any atom is -0.463 e. The first-order valence-electron chi connectivity index (χ1n) is 11.4. The molecule has 0 radical (unpaired) electrons. The molecule has 0 heterocycles. The molecule has 0 aromatic heterocycles. The van der Waals surface area contributed by atoms with Crippen LogP contribution in [0.15, 0.2) is 0 Å². The third kappa shape index (κ3) is 2.97. The van der Waals surface area contributed by atoms with E-state index >= 15 is 0 Å². The van der Waals surface area contributed by atoms with Crippen molar-refractivity contribution in [3.63, 3.8) is 0 Å². The van der Waals surface area contributed by atoms with Crippen LogP contribution in [0.25, 0.3) is 0 Å². The molecule has 0 aromatic rings. The van der Waals surface area contributed by atoms with Gasteiger partial charge in [0, 0.05) is 19.3 Å². The number of Topliss-reactive ketones (excluding diaryl/α,β-unsaturated/α-hetero) is 1. The van der Waals surface area contributed by atoms with Crippen LogP contribution in [0.4, 0.5) is 0 Å². The van der Waals surface area contributed by atoms with E-state index in [-0.39, 0.29) is 34.7 Å². The topological polar surface area (TPSA) is 63.6 Å². The SMILES string of the molecule is CC(=O)O[C@@H]1CC[C@@]2(C)[C@@H](CC[C@H]3[C@@H]4CC[C@H](C(C)(C)O)[C@@]4(C)CC(=O)[C@@H]32)C1. The molecule has 0 bridgehead atoms. The zero-order valence-corrected chi connectivity index (χ0v) is 18.3. The molecule has 0 aromatic carbocycles. The quantitative estimate of drug-likeness (QED) is 0.704. The Balaban J connectivity index is 1.60. The Morgan fingerprint density at radius 1 is 1.11 bits per heavy atom. The van der Waals surface area contributed by atoms with Crippen LogP contribution >= 0.6 is 0 Å². The van der Waals surface area contributed by atoms with Gasteiger partial charge >= 0.3 is 5.97 Å². The van der Waals surface area contributed by atoms with Crippen molar-refractivity contribution in [3.05, 3.63) is 0 Å². The molecule has 0 spiro atoms. The van der Waals surface area contributed by atoms with Crippen molar-refractivity contribution in [2.45, 2.75) is 97.7 Å². The van der Waals surface area contributed by atoms with Crippen molar-refractivity contribution in [3.8, 4) is 0 Å². The predicted molar refractivity (Wildman–Crippen MR) is 107 cm³/mol. The van der Waals surface area contributed by atoms with Crippen molar-refractivity contribution >= 4 is 11.8 Å². The van der Waals surface area contributed by atoms with Gasteiger partial charge in [-0.25, -0.2) is 0 Å². The second kappa shape index (κ2) is 6.55. The summed E-state index contributed by atoms with van der Waals surface area (Å²) in [6.07, 6.45) is 7.89. The van der Waals surface area contributed by atoms with Gasteiger partial charge in [-0.3, -0.25) is 9.59 Å². The van der Waals surface area contributed by atoms with Crippen molar-refractivity contribution in [2.75, 3.05) is 0 Å². The highest BCUT2D eigenvalue weighted by atomic mass is 16.5. The molecule has 4 fully saturated rings. The lowest BCUT2D eigenvalue weighted by Crippen LogP contribution is -2.58. The first kappa shape index (κ1) is 20.4. The summed E-state index contributed by atoms with van der Waals surface area (Å²) >= 11 is 0. The van der Waals surface area contributed by atoms with E-state index < -0.39 is 5.60 Å². The monoisotopic (exact) mass is 390 g/mol. The van der Waals surface area contributed by atoms with E-state index in [1.165, 1.54) is 6.92 Å². The lowest BCUT2D eigenvalue weighted by Gasteiger charge is -2.60. The first-order valence-corrected chi connectivity index (χ1v) is 11.4. The van der Waals surface area contributed by atoms with Gasteiger partial charge in [-0.15, -0.1) is 0 Å². The number of rotatable bonds is 2. The minimum absolute atomic E-state index is 0.0298. The number of ketones is 1. The number of aliphatic hydroxyl groups is 1. The van der Waals surface area contributed by atoms with Crippen molar-refractivity contribution in [1.82, 2.24) is 0 Å². The van der Waals surface area contributed by atoms with Gasteiger partial charge < -0.3 is 9.84 Å². The molecule has 4 nitrogen and oxygen atoms in total. The van der Waals surface area contributed by atoms with Gasteiger partial charge in [0.2, 0.25) is 0 Å². The van der Waals surface area contributed by atoms with Crippen LogP contribution in [0.2, 0.25) is 0 Å². The average Bonchev–Trinajstić information content (AvgIpc) is 2.91. The molecule has 1 N–H and O–H groups in total. The number of hydrogen-bond acceptors (Lipinski definition) is 4. The summed E-state index contributed by atoms with van der Waals surface area (Å²) in [5.41, 5.74) is -0.737. The molecule has 158 valence electrons. The fraction of sp³-hybridized carbons (Fsp3) is 0.917. The Morgan fingerprint density at radius 3 is 2.46 bits per heavy atom. The highest BCUT2D eigenvalue weighted by molar-refractivity contribution is 5.84. The minimum atomic E-state index is -0.722. The normalized spacial score (nSPS) is 48.4. The number of ether oxygens (including phenoxy) is 1. The lowest BCUT2D eigenvalue weighted by atomic mass is 9.44. The van der Waals surface area contributed by atoms with Gasteiger partial charge in [0.25, 0.3) is 0 Å². The number of fused-ring (bicyclic) bond motifs is 5. The van der Waals surface area contributed by atoms with E-state index in [2.05, 4.69) is 13.8 Å². The fourth-order valence-electron chi connectivity index (χ4n) is 8.54. The molecule has 0 aliphatic heterocycles. The fourth-order valence-corrected chi connectivity index (χ4v) is 8.54. The van der Waals surface area contributed by atoms with Crippen molar-refractivity contribution < 1.29 is 19.4 Å². The van der Waals surface area contributed by atoms with Crippen LogP contribution < -0.4 is 0 Å². The summed E-state index contributed by atoms with van der Waals surface area (Å²) in [7, 11) is 0. The van der Waals surface area contributed by atoms with Gasteiger partial charge in [-0.05, 0) is 93.3 Å². The van der Waals surface area contributed by atoms with E-state index in [1.807, 2.05) is 13.8 Å². The lowest BCUT2D eigenvalue weighted by molar-refractivity contribution is -0.172. The largest absolute Gasteiger partial charge is 0.463 e. The summed E-state index contributed by atoms with van der Waals surface area (Å²) in [5.74, 6) is 2.11. The van der Waals surface area contributed by atoms with Crippen LogP contribution in [-0.2, 0) is 14.3 Å². The van der Waals surface area contributed by atoms with Gasteiger partial charge in [-0.2, -0.15) is 0 Å². The van der Waals surface area contributed by atoms with Crippen LogP contribution in [-0.4, -0.2) is 28.6 Å². The smallest absolute Gasteiger partial charge is 0.302 e. The zero-order chi connectivity index (χ0) is 20.5. The van der Waals surface area contributed by atoms with Crippen LogP contribution in [0.1, 0.15) is 86.0 Å². The zero-order valence-electron chi connectivity index (χ0n) is 18.3. The highest BCUT2D eigenvalue weighted by Gasteiger charge is 2.64. The standard InChI is InChI=1S/C24H38O4/c1-14(25)28-16-10-11-23(4)15(12-16)6-7-17-18-8-9-20(22(2,3)27)24(18,5)13-19(26)21(17)23/h15-18,20-21,27H,6-13H2,1-5H3/t15-,16+,17-,18-,20+,21+,23-,24-/m0/s1. The van der Waals surface area contributed by atoms with Crippen LogP contribution in [0.5, 0.6) is 0 Å². The molecular formula is C24H38O4. The number of esters is 1. The molecule has 8 atom stereocenters. The van der Waals surface area contributed by atoms with Crippen LogP contribution in [0.3, 0.4) is 0 Å². The van der Waals surface area contributed by atoms with Gasteiger partial charge in [0.15, 0.2) is 0 Å². The summed E-state index contributed by atoms with van der Waals surface area (Å²) < 4.78 is 5.53. The van der Waals surface area contributed by atoms with Crippen molar-refractivity contribution in [1.29, 1.82) is 0 Å². The third-order valence-corrected chi connectivity index (χ3v) is 9.49. The Labute approximate surface area is 169 Å². The molecule has 4 heteroatoms. The second-order valence-electron chi connectivity index (χ2n) is 11.5. The van der Waals surface area contributed by atoms with Crippen LogP contribution in [0, 0.1) is 40.4 Å². The maximum absolute atomic E-state index is 13.6. The van der Waals surface area contributed by atoms with E-state index in [4.69, 9.17) is 4.74 Å². The van der Waals surface area contributed by atoms with E-state index in [0.29, 0.717) is 30.0 Å². The second-order valence-corrected chi connectivity index (χ2v) is 11.5. The van der Waals surface area contributed by atoms with Gasteiger partial charge in [-0.1, -0.05) is 13.8 Å². The van der Waals surface area contributed by atoms with Gasteiger partial charge in [0.05, 0.1) is 5.60 Å². The molecule has 4 aliphatic rings. The Morgan fingerprint density at radius 2 is 1.82 bits per heavy atom. The Kier molecular flexibility index (Phi) is 4.77. The number of carbonyl (C=O) groups excluding carboxylic acids is 2. The highest BCUT2D eigenvalue weighted by Crippen LogP contribution is 2.67. The molecular weight excluding hydrogens is 352 g/mol. The molecule has 4 saturated carbocycles. The summed E-state index contributed by atoms with van der Waals surface area (Å²) in [6.45, 7) is 9.98. The maximum atomic E-state index is 13.6. The van der Waals surface area contributed by atoms with Gasteiger partial charge in [0.1, 0.15) is 11.9 Å².